The van der Waals surface area contributed by atoms with Crippen molar-refractivity contribution in [3.05, 3.63) is 0 Å². The first-order valence-corrected chi connectivity index (χ1v) is 6.64. The van der Waals surface area contributed by atoms with Crippen molar-refractivity contribution >= 4 is 9.84 Å². The van der Waals surface area contributed by atoms with Crippen LogP contribution in [0.4, 0.5) is 0 Å². The van der Waals surface area contributed by atoms with Crippen LogP contribution in [-0.2, 0) is 9.84 Å². The molecule has 0 spiro atoms. The Morgan fingerprint density at radius 2 is 1.77 bits per heavy atom. The molecule has 0 unspecified atom stereocenters. The second-order valence-electron chi connectivity index (χ2n) is 4.12. The van der Waals surface area contributed by atoms with Crippen LogP contribution in [0.5, 0.6) is 0 Å². The van der Waals surface area contributed by atoms with E-state index in [9.17, 15) is 13.5 Å². The van der Waals surface area contributed by atoms with Gasteiger partial charge in [-0.15, -0.1) is 0 Å². The molecule has 0 bridgehead atoms. The van der Waals surface area contributed by atoms with E-state index in [1.54, 1.807) is 0 Å². The summed E-state index contributed by atoms with van der Waals surface area (Å²) in [6.07, 6.45) is 1.70. The molecule has 2 rings (SSSR count). The zero-order valence-electron chi connectivity index (χ0n) is 7.57. The maximum absolute atomic E-state index is 11.2. The first-order chi connectivity index (χ1) is 6.08. The molecule has 0 aromatic carbocycles. The Morgan fingerprint density at radius 3 is 2.23 bits per heavy atom. The Hall–Kier alpha value is -0.130. The van der Waals surface area contributed by atoms with Gasteiger partial charge in [-0.2, -0.15) is 0 Å². The molecule has 2 fully saturated rings. The van der Waals surface area contributed by atoms with Crippen molar-refractivity contribution in [2.75, 3.05) is 24.6 Å². The molecule has 4 nitrogen and oxygen atoms in total. The van der Waals surface area contributed by atoms with Crippen molar-refractivity contribution in [2.45, 2.75) is 25.0 Å². The van der Waals surface area contributed by atoms with Crippen molar-refractivity contribution < 1.29 is 18.4 Å². The molecule has 5 heteroatoms. The summed E-state index contributed by atoms with van der Waals surface area (Å²) >= 11 is 0. The lowest BCUT2D eigenvalue weighted by Crippen LogP contribution is -3.15. The number of aliphatic hydroxyl groups is 1. The smallest absolute Gasteiger partial charge is 0.159 e. The summed E-state index contributed by atoms with van der Waals surface area (Å²) in [5, 5.41) is 9.58. The highest BCUT2D eigenvalue weighted by Gasteiger charge is 2.43. The molecule has 0 aliphatic carbocycles. The lowest BCUT2D eigenvalue weighted by molar-refractivity contribution is -0.913. The van der Waals surface area contributed by atoms with E-state index in [2.05, 4.69) is 0 Å². The molecular weight excluding hydrogens is 190 g/mol. The van der Waals surface area contributed by atoms with Gasteiger partial charge >= 0.3 is 0 Å². The molecule has 2 saturated heterocycles. The molecule has 2 aliphatic heterocycles. The van der Waals surface area contributed by atoms with Crippen LogP contribution in [0.15, 0.2) is 0 Å². The summed E-state index contributed by atoms with van der Waals surface area (Å²) < 4.78 is 22.5. The zero-order chi connectivity index (χ0) is 9.47. The average molecular weight is 206 g/mol. The molecule has 76 valence electrons. The highest BCUT2D eigenvalue weighted by Crippen LogP contribution is 2.11. The van der Waals surface area contributed by atoms with E-state index in [0.717, 1.165) is 13.1 Å². The third-order valence-electron chi connectivity index (χ3n) is 3.09. The van der Waals surface area contributed by atoms with Crippen LogP contribution in [0.25, 0.3) is 0 Å². The van der Waals surface area contributed by atoms with Crippen LogP contribution >= 0.6 is 0 Å². The largest absolute Gasteiger partial charge is 0.386 e. The second kappa shape index (κ2) is 3.22. The number of hydrogen-bond donors (Lipinski definition) is 2. The number of sulfone groups is 1. The molecule has 2 atom stereocenters. The third-order valence-corrected chi connectivity index (χ3v) is 4.81. The molecule has 0 aromatic heterocycles. The lowest BCUT2D eigenvalue weighted by Gasteiger charge is -2.21. The van der Waals surface area contributed by atoms with Gasteiger partial charge in [0.1, 0.15) is 17.9 Å². The summed E-state index contributed by atoms with van der Waals surface area (Å²) in [4.78, 5) is 1.29. The summed E-state index contributed by atoms with van der Waals surface area (Å²) in [7, 11) is -2.95. The molecule has 0 amide bonds. The number of nitrogens with one attached hydrogen (secondary N) is 1. The highest BCUT2D eigenvalue weighted by atomic mass is 32.2. The van der Waals surface area contributed by atoms with E-state index >= 15 is 0 Å². The van der Waals surface area contributed by atoms with Crippen LogP contribution in [-0.4, -0.2) is 50.3 Å². The molecule has 0 aromatic rings. The van der Waals surface area contributed by atoms with E-state index in [0.29, 0.717) is 0 Å². The molecular formula is C8H16NO3S+. The van der Waals surface area contributed by atoms with Gasteiger partial charge in [0.05, 0.1) is 18.8 Å². The van der Waals surface area contributed by atoms with Gasteiger partial charge in [0.15, 0.2) is 9.84 Å². The molecule has 13 heavy (non-hydrogen) atoms. The summed E-state index contributed by atoms with van der Waals surface area (Å²) in [5.41, 5.74) is 0. The van der Waals surface area contributed by atoms with Crippen LogP contribution in [0.3, 0.4) is 0 Å². The SMILES string of the molecule is O=S1(=O)C[C@@H](O)[C@H]([NH+]2CCCC2)C1. The fraction of sp³-hybridized carbons (Fsp3) is 1.00. The Labute approximate surface area is 78.5 Å². The highest BCUT2D eigenvalue weighted by molar-refractivity contribution is 7.91. The average Bonchev–Trinajstić information content (AvgIpc) is 2.56. The topological polar surface area (TPSA) is 58.8 Å². The third kappa shape index (κ3) is 1.87. The minimum absolute atomic E-state index is 0.0266. The van der Waals surface area contributed by atoms with Gasteiger partial charge in [0.2, 0.25) is 0 Å². The van der Waals surface area contributed by atoms with Crippen molar-refractivity contribution in [3.8, 4) is 0 Å². The molecule has 2 aliphatic rings. The first-order valence-electron chi connectivity index (χ1n) is 4.81. The van der Waals surface area contributed by atoms with Gasteiger partial charge in [-0.05, 0) is 0 Å². The van der Waals surface area contributed by atoms with Crippen molar-refractivity contribution in [1.29, 1.82) is 0 Å². The second-order valence-corrected chi connectivity index (χ2v) is 6.27. The minimum atomic E-state index is -2.95. The van der Waals surface area contributed by atoms with E-state index < -0.39 is 15.9 Å². The number of likely N-dealkylation sites (tertiary alicyclic amines) is 1. The summed E-state index contributed by atoms with van der Waals surface area (Å²) in [6.45, 7) is 2.05. The Kier molecular flexibility index (Phi) is 2.33. The predicted molar refractivity (Wildman–Crippen MR) is 48.4 cm³/mol. The summed E-state index contributed by atoms with van der Waals surface area (Å²) in [5.74, 6) is 0.157. The fourth-order valence-electron chi connectivity index (χ4n) is 2.42. The number of aliphatic hydroxyl groups excluding tert-OH is 1. The quantitative estimate of drug-likeness (QED) is 0.513. The Balaban J connectivity index is 2.08. The number of rotatable bonds is 1. The van der Waals surface area contributed by atoms with Crippen molar-refractivity contribution in [3.63, 3.8) is 0 Å². The normalized spacial score (nSPS) is 39.8. The zero-order valence-corrected chi connectivity index (χ0v) is 8.39. The minimum Gasteiger partial charge on any atom is -0.386 e. The van der Waals surface area contributed by atoms with Crippen molar-refractivity contribution in [2.24, 2.45) is 0 Å². The van der Waals surface area contributed by atoms with Gasteiger partial charge in [0, 0.05) is 12.8 Å². The monoisotopic (exact) mass is 206 g/mol. The number of hydrogen-bond acceptors (Lipinski definition) is 3. The van der Waals surface area contributed by atoms with Crippen LogP contribution in [0.2, 0.25) is 0 Å². The Morgan fingerprint density at radius 1 is 1.15 bits per heavy atom. The van der Waals surface area contributed by atoms with Gasteiger partial charge in [-0.25, -0.2) is 8.42 Å². The number of quaternary nitrogens is 1. The van der Waals surface area contributed by atoms with Crippen LogP contribution in [0, 0.1) is 0 Å². The molecule has 0 saturated carbocycles. The van der Waals surface area contributed by atoms with Crippen molar-refractivity contribution in [1.82, 2.24) is 0 Å². The van der Waals surface area contributed by atoms with Gasteiger partial charge in [-0.3, -0.25) is 0 Å². The first kappa shape index (κ1) is 9.43. The fourth-order valence-corrected chi connectivity index (χ4v) is 4.31. The summed E-state index contributed by atoms with van der Waals surface area (Å²) in [6, 6.07) is -0.0486. The maximum Gasteiger partial charge on any atom is 0.159 e. The van der Waals surface area contributed by atoms with Gasteiger partial charge in [0.25, 0.3) is 0 Å². The maximum atomic E-state index is 11.2. The molecule has 2 heterocycles. The van der Waals surface area contributed by atoms with E-state index in [-0.39, 0.29) is 17.5 Å². The Bertz CT molecular complexity index is 282. The predicted octanol–water partition coefficient (Wildman–Crippen LogP) is -2.18. The standard InChI is InChI=1S/C8H15NO3S/c10-8-6-13(11,12)5-7(8)9-3-1-2-4-9/h7-8,10H,1-6H2/p+1/t7-,8-/m1/s1. The van der Waals surface area contributed by atoms with Crippen LogP contribution in [0.1, 0.15) is 12.8 Å². The van der Waals surface area contributed by atoms with E-state index in [1.807, 2.05) is 0 Å². The molecule has 2 N–H and O–H groups in total. The van der Waals surface area contributed by atoms with Gasteiger partial charge < -0.3 is 10.0 Å². The van der Waals surface area contributed by atoms with Gasteiger partial charge in [-0.1, -0.05) is 0 Å². The van der Waals surface area contributed by atoms with E-state index in [1.165, 1.54) is 17.7 Å². The lowest BCUT2D eigenvalue weighted by atomic mass is 10.2. The molecule has 0 radical (unpaired) electrons. The van der Waals surface area contributed by atoms with Crippen LogP contribution < -0.4 is 4.90 Å². The van der Waals surface area contributed by atoms with E-state index in [4.69, 9.17) is 0 Å².